The lowest BCUT2D eigenvalue weighted by atomic mass is 9.86. The second-order valence-electron chi connectivity index (χ2n) is 8.14. The molecule has 156 valence electrons. The highest BCUT2D eigenvalue weighted by Crippen LogP contribution is 2.33. The minimum atomic E-state index is -0.259. The van der Waals surface area contributed by atoms with Crippen molar-refractivity contribution in [2.45, 2.75) is 38.6 Å². The maximum atomic E-state index is 12.8. The van der Waals surface area contributed by atoms with Crippen LogP contribution in [0.3, 0.4) is 0 Å². The Morgan fingerprint density at radius 2 is 1.68 bits per heavy atom. The first-order chi connectivity index (χ1) is 15.2. The molecule has 0 N–H and O–H groups in total. The van der Waals surface area contributed by atoms with Crippen LogP contribution in [0.5, 0.6) is 0 Å². The third kappa shape index (κ3) is 3.81. The zero-order valence-electron chi connectivity index (χ0n) is 17.3. The Morgan fingerprint density at radius 1 is 0.903 bits per heavy atom. The summed E-state index contributed by atoms with van der Waals surface area (Å²) >= 11 is 0. The molecule has 0 aliphatic heterocycles. The smallest absolute Gasteiger partial charge is 0.267 e. The van der Waals surface area contributed by atoms with Gasteiger partial charge >= 0.3 is 0 Å². The maximum absolute atomic E-state index is 12.8. The number of aromatic nitrogens is 4. The number of hydrogen-bond donors (Lipinski definition) is 0. The van der Waals surface area contributed by atoms with Crippen molar-refractivity contribution in [1.82, 2.24) is 19.4 Å². The van der Waals surface area contributed by atoms with E-state index in [2.05, 4.69) is 5.10 Å². The molecule has 0 amide bonds. The van der Waals surface area contributed by atoms with Crippen LogP contribution in [-0.4, -0.2) is 25.2 Å². The monoisotopic (exact) mass is 412 g/mol. The van der Waals surface area contributed by atoms with Gasteiger partial charge in [0.25, 0.3) is 5.56 Å². The van der Waals surface area contributed by atoms with E-state index in [9.17, 15) is 9.59 Å². The van der Waals surface area contributed by atoms with Gasteiger partial charge in [-0.15, -0.1) is 0 Å². The fourth-order valence-corrected chi connectivity index (χ4v) is 4.45. The summed E-state index contributed by atoms with van der Waals surface area (Å²) in [5.74, 6) is 0.151. The van der Waals surface area contributed by atoms with Crippen LogP contribution >= 0.6 is 0 Å². The molecule has 3 heterocycles. The standard InChI is InChI=1S/C25H24N4O2/c30-22(18-9-3-1-4-10-18)17-29-23(31)15-14-20(26-29)24-21-13-7-8-16-28(21)27-25(24)19-11-5-2-6-12-19/h2,5-8,11-16,18H,1,3-4,9-10,17H2. The topological polar surface area (TPSA) is 69.3 Å². The molecule has 3 aromatic heterocycles. The largest absolute Gasteiger partial charge is 0.297 e. The van der Waals surface area contributed by atoms with Gasteiger partial charge in [0.15, 0.2) is 5.78 Å². The quantitative estimate of drug-likeness (QED) is 0.488. The van der Waals surface area contributed by atoms with Crippen molar-refractivity contribution in [3.63, 3.8) is 0 Å². The SMILES string of the molecule is O=C(Cn1nc(-c2c(-c3ccccc3)nn3ccccc23)ccc1=O)C1CCCCC1. The summed E-state index contributed by atoms with van der Waals surface area (Å²) in [5.41, 5.74) is 3.90. The summed E-state index contributed by atoms with van der Waals surface area (Å²) in [7, 11) is 0. The van der Waals surface area contributed by atoms with E-state index in [0.29, 0.717) is 5.69 Å². The molecule has 31 heavy (non-hydrogen) atoms. The number of benzene rings is 1. The molecule has 0 unspecified atom stereocenters. The summed E-state index contributed by atoms with van der Waals surface area (Å²) in [6, 6.07) is 19.0. The van der Waals surface area contributed by atoms with Crippen molar-refractivity contribution in [3.05, 3.63) is 77.2 Å². The fourth-order valence-electron chi connectivity index (χ4n) is 4.45. The fraction of sp³-hybridized carbons (Fsp3) is 0.280. The van der Waals surface area contributed by atoms with Crippen molar-refractivity contribution in [3.8, 4) is 22.5 Å². The van der Waals surface area contributed by atoms with Gasteiger partial charge in [-0.1, -0.05) is 55.7 Å². The number of Topliss-reactive ketones (excluding diaryl/α,β-unsaturated/α-hetero) is 1. The van der Waals surface area contributed by atoms with E-state index in [1.165, 1.54) is 17.2 Å². The normalized spacial score (nSPS) is 14.7. The lowest BCUT2D eigenvalue weighted by Crippen LogP contribution is -2.30. The summed E-state index contributed by atoms with van der Waals surface area (Å²) in [5, 5.41) is 9.38. The summed E-state index contributed by atoms with van der Waals surface area (Å²) in [4.78, 5) is 25.3. The lowest BCUT2D eigenvalue weighted by molar-refractivity contribution is -0.124. The first-order valence-electron chi connectivity index (χ1n) is 10.8. The van der Waals surface area contributed by atoms with Crippen molar-refractivity contribution >= 4 is 11.3 Å². The average molecular weight is 412 g/mol. The molecule has 1 aliphatic carbocycles. The van der Waals surface area contributed by atoms with Gasteiger partial charge in [-0.3, -0.25) is 9.59 Å². The van der Waals surface area contributed by atoms with E-state index < -0.39 is 0 Å². The number of fused-ring (bicyclic) bond motifs is 1. The number of carbonyl (C=O) groups excluding carboxylic acids is 1. The molecule has 0 spiro atoms. The van der Waals surface area contributed by atoms with Crippen LogP contribution in [-0.2, 0) is 11.3 Å². The Bertz CT molecular complexity index is 1280. The molecule has 6 heteroatoms. The zero-order valence-corrected chi connectivity index (χ0v) is 17.3. The van der Waals surface area contributed by atoms with Crippen LogP contribution in [0.2, 0.25) is 0 Å². The van der Waals surface area contributed by atoms with Gasteiger partial charge in [0, 0.05) is 23.7 Å². The number of rotatable bonds is 5. The molecule has 6 nitrogen and oxygen atoms in total. The predicted octanol–water partition coefficient (Wildman–Crippen LogP) is 4.37. The maximum Gasteiger partial charge on any atom is 0.267 e. The zero-order chi connectivity index (χ0) is 21.2. The molecule has 5 rings (SSSR count). The first kappa shape index (κ1) is 19.4. The Kier molecular flexibility index (Phi) is 5.20. The highest BCUT2D eigenvalue weighted by atomic mass is 16.1. The van der Waals surface area contributed by atoms with Gasteiger partial charge in [0.1, 0.15) is 12.2 Å². The second-order valence-corrected chi connectivity index (χ2v) is 8.14. The molecule has 0 bridgehead atoms. The number of carbonyl (C=O) groups is 1. The number of hydrogen-bond acceptors (Lipinski definition) is 4. The summed E-state index contributed by atoms with van der Waals surface area (Å²) < 4.78 is 3.13. The van der Waals surface area contributed by atoms with Gasteiger partial charge in [-0.05, 0) is 31.0 Å². The van der Waals surface area contributed by atoms with E-state index in [0.717, 1.165) is 48.0 Å². The van der Waals surface area contributed by atoms with Crippen LogP contribution in [0, 0.1) is 5.92 Å². The molecule has 0 radical (unpaired) electrons. The molecular formula is C25H24N4O2. The van der Waals surface area contributed by atoms with Crippen molar-refractivity contribution in [2.75, 3.05) is 0 Å². The molecular weight excluding hydrogens is 388 g/mol. The Hall–Kier alpha value is -3.54. The van der Waals surface area contributed by atoms with Crippen LogP contribution in [0.4, 0.5) is 0 Å². The average Bonchev–Trinajstić information content (AvgIpc) is 3.21. The summed E-state index contributed by atoms with van der Waals surface area (Å²) in [6.07, 6.45) is 7.09. The first-order valence-corrected chi connectivity index (χ1v) is 10.8. The second kappa shape index (κ2) is 8.30. The van der Waals surface area contributed by atoms with E-state index in [1.54, 1.807) is 6.07 Å². The number of nitrogens with zero attached hydrogens (tertiary/aromatic N) is 4. The Balaban J connectivity index is 1.58. The highest BCUT2D eigenvalue weighted by Gasteiger charge is 2.23. The molecule has 0 saturated heterocycles. The van der Waals surface area contributed by atoms with E-state index >= 15 is 0 Å². The molecule has 1 fully saturated rings. The lowest BCUT2D eigenvalue weighted by Gasteiger charge is -2.20. The van der Waals surface area contributed by atoms with E-state index in [1.807, 2.05) is 59.2 Å². The van der Waals surface area contributed by atoms with Crippen LogP contribution in [0.15, 0.2) is 71.7 Å². The number of pyridine rings is 1. The van der Waals surface area contributed by atoms with Crippen molar-refractivity contribution in [2.24, 2.45) is 5.92 Å². The Morgan fingerprint density at radius 3 is 2.48 bits per heavy atom. The van der Waals surface area contributed by atoms with Gasteiger partial charge < -0.3 is 0 Å². The molecule has 1 saturated carbocycles. The minimum Gasteiger partial charge on any atom is -0.297 e. The summed E-state index contributed by atoms with van der Waals surface area (Å²) in [6.45, 7) is 0.0250. The van der Waals surface area contributed by atoms with Crippen LogP contribution < -0.4 is 5.56 Å². The molecule has 0 atom stereocenters. The molecule has 1 aliphatic rings. The minimum absolute atomic E-state index is 0.0250. The van der Waals surface area contributed by atoms with Gasteiger partial charge in [0.2, 0.25) is 0 Å². The van der Waals surface area contributed by atoms with Gasteiger partial charge in [0.05, 0.1) is 16.8 Å². The third-order valence-corrected chi connectivity index (χ3v) is 6.08. The van der Waals surface area contributed by atoms with Crippen LogP contribution in [0.25, 0.3) is 28.0 Å². The number of ketones is 1. The molecule has 1 aromatic carbocycles. The van der Waals surface area contributed by atoms with Crippen molar-refractivity contribution in [1.29, 1.82) is 0 Å². The Labute approximate surface area is 180 Å². The van der Waals surface area contributed by atoms with E-state index in [-0.39, 0.29) is 23.8 Å². The van der Waals surface area contributed by atoms with Gasteiger partial charge in [-0.2, -0.15) is 10.2 Å². The predicted molar refractivity (Wildman–Crippen MR) is 120 cm³/mol. The van der Waals surface area contributed by atoms with E-state index in [4.69, 9.17) is 5.10 Å². The third-order valence-electron chi connectivity index (χ3n) is 6.08. The van der Waals surface area contributed by atoms with Gasteiger partial charge in [-0.25, -0.2) is 9.20 Å². The highest BCUT2D eigenvalue weighted by molar-refractivity contribution is 5.90. The van der Waals surface area contributed by atoms with Crippen molar-refractivity contribution < 1.29 is 4.79 Å². The van der Waals surface area contributed by atoms with Crippen LogP contribution in [0.1, 0.15) is 32.1 Å². The molecule has 4 aromatic rings.